The molecule has 0 aromatic heterocycles. The molecule has 16 heavy (non-hydrogen) atoms. The second-order valence-corrected chi connectivity index (χ2v) is 5.04. The fourth-order valence-corrected chi connectivity index (χ4v) is 2.52. The Hall–Kier alpha value is -0.340. The van der Waals surface area contributed by atoms with E-state index in [0.717, 1.165) is 25.6 Å². The van der Waals surface area contributed by atoms with Gasteiger partial charge in [-0.3, -0.25) is 4.90 Å². The van der Waals surface area contributed by atoms with Gasteiger partial charge in [-0.1, -0.05) is 33.3 Å². The van der Waals surface area contributed by atoms with Gasteiger partial charge in [-0.15, -0.1) is 0 Å². The van der Waals surface area contributed by atoms with E-state index in [1.807, 2.05) is 0 Å². The normalized spacial score (nSPS) is 18.9. The number of rotatable bonds is 7. The number of hydrogen-bond acceptors (Lipinski definition) is 2. The highest BCUT2D eigenvalue weighted by molar-refractivity contribution is 5.00. The number of nitrogens with one attached hydrogen (secondary N) is 1. The highest BCUT2D eigenvalue weighted by atomic mass is 15.1. The molecule has 2 nitrogen and oxygen atoms in total. The smallest absolute Gasteiger partial charge is 0.0202 e. The molecule has 0 aromatic rings. The lowest BCUT2D eigenvalue weighted by Gasteiger charge is -2.32. The van der Waals surface area contributed by atoms with Crippen LogP contribution in [0.2, 0.25) is 0 Å². The van der Waals surface area contributed by atoms with E-state index >= 15 is 0 Å². The van der Waals surface area contributed by atoms with E-state index < -0.39 is 0 Å². The van der Waals surface area contributed by atoms with Gasteiger partial charge >= 0.3 is 0 Å². The van der Waals surface area contributed by atoms with Crippen LogP contribution in [-0.2, 0) is 0 Å². The molecule has 94 valence electrons. The van der Waals surface area contributed by atoms with Crippen LogP contribution in [0.1, 0.15) is 39.5 Å². The van der Waals surface area contributed by atoms with Crippen LogP contribution in [0.4, 0.5) is 0 Å². The first-order valence-corrected chi connectivity index (χ1v) is 6.86. The second kappa shape index (κ2) is 7.86. The summed E-state index contributed by atoms with van der Waals surface area (Å²) in [5, 5.41) is 3.34. The van der Waals surface area contributed by atoms with E-state index in [1.165, 1.54) is 44.3 Å². The molecule has 1 saturated heterocycles. The van der Waals surface area contributed by atoms with Gasteiger partial charge in [-0.05, 0) is 44.0 Å². The Kier molecular flexibility index (Phi) is 6.74. The first kappa shape index (κ1) is 13.7. The Bertz CT molecular complexity index is 193. The summed E-state index contributed by atoms with van der Waals surface area (Å²) in [5.41, 5.74) is 1.33. The molecule has 0 aromatic carbocycles. The fourth-order valence-electron chi connectivity index (χ4n) is 2.52. The van der Waals surface area contributed by atoms with Crippen molar-refractivity contribution in [3.05, 3.63) is 12.2 Å². The maximum atomic E-state index is 4.14. The van der Waals surface area contributed by atoms with Crippen LogP contribution in [0, 0.1) is 5.92 Å². The van der Waals surface area contributed by atoms with Crippen molar-refractivity contribution in [3.8, 4) is 0 Å². The Morgan fingerprint density at radius 2 is 2.00 bits per heavy atom. The maximum Gasteiger partial charge on any atom is 0.0202 e. The number of likely N-dealkylation sites (N-methyl/N-ethyl adjacent to an activating group) is 1. The van der Waals surface area contributed by atoms with Gasteiger partial charge in [0.05, 0.1) is 0 Å². The minimum atomic E-state index is 0.978. The maximum absolute atomic E-state index is 4.14. The zero-order chi connectivity index (χ0) is 11.8. The summed E-state index contributed by atoms with van der Waals surface area (Å²) in [6, 6.07) is 0. The molecule has 0 unspecified atom stereocenters. The minimum Gasteiger partial charge on any atom is -0.313 e. The van der Waals surface area contributed by atoms with Gasteiger partial charge in [0.2, 0.25) is 0 Å². The SMILES string of the molecule is C=C(CNCC)CN1CCC(CCC)CC1. The largest absolute Gasteiger partial charge is 0.313 e. The van der Waals surface area contributed by atoms with Gasteiger partial charge in [0.1, 0.15) is 0 Å². The van der Waals surface area contributed by atoms with E-state index in [1.54, 1.807) is 0 Å². The van der Waals surface area contributed by atoms with E-state index in [9.17, 15) is 0 Å². The van der Waals surface area contributed by atoms with Gasteiger partial charge in [0.15, 0.2) is 0 Å². The molecule has 0 amide bonds. The molecule has 0 radical (unpaired) electrons. The highest BCUT2D eigenvalue weighted by Gasteiger charge is 2.18. The average molecular weight is 224 g/mol. The van der Waals surface area contributed by atoms with Crippen molar-refractivity contribution in [2.45, 2.75) is 39.5 Å². The Morgan fingerprint density at radius 1 is 1.31 bits per heavy atom. The van der Waals surface area contributed by atoms with Crippen molar-refractivity contribution in [2.75, 3.05) is 32.7 Å². The summed E-state index contributed by atoms with van der Waals surface area (Å²) in [6.45, 7) is 14.2. The topological polar surface area (TPSA) is 15.3 Å². The summed E-state index contributed by atoms with van der Waals surface area (Å²) in [6.07, 6.45) is 5.55. The van der Waals surface area contributed by atoms with Gasteiger partial charge < -0.3 is 5.32 Å². The van der Waals surface area contributed by atoms with Gasteiger partial charge in [0, 0.05) is 13.1 Å². The van der Waals surface area contributed by atoms with Crippen LogP contribution in [-0.4, -0.2) is 37.6 Å². The van der Waals surface area contributed by atoms with Gasteiger partial charge in [-0.2, -0.15) is 0 Å². The molecule has 1 rings (SSSR count). The molecule has 1 aliphatic heterocycles. The summed E-state index contributed by atoms with van der Waals surface area (Å²) in [5.74, 6) is 0.989. The molecule has 1 aliphatic rings. The quantitative estimate of drug-likeness (QED) is 0.669. The molecule has 1 fully saturated rings. The third-order valence-corrected chi connectivity index (χ3v) is 3.48. The Balaban J connectivity index is 2.14. The molecule has 1 heterocycles. The van der Waals surface area contributed by atoms with Crippen LogP contribution in [0.3, 0.4) is 0 Å². The van der Waals surface area contributed by atoms with Crippen LogP contribution in [0.5, 0.6) is 0 Å². The summed E-state index contributed by atoms with van der Waals surface area (Å²) >= 11 is 0. The van der Waals surface area contributed by atoms with Crippen molar-refractivity contribution < 1.29 is 0 Å². The molecule has 0 saturated carbocycles. The zero-order valence-electron chi connectivity index (χ0n) is 11.1. The second-order valence-electron chi connectivity index (χ2n) is 5.04. The first-order valence-electron chi connectivity index (χ1n) is 6.86. The van der Waals surface area contributed by atoms with E-state index in [0.29, 0.717) is 0 Å². The van der Waals surface area contributed by atoms with Crippen molar-refractivity contribution in [1.82, 2.24) is 10.2 Å². The van der Waals surface area contributed by atoms with Crippen molar-refractivity contribution in [3.63, 3.8) is 0 Å². The average Bonchev–Trinajstić information content (AvgIpc) is 2.29. The summed E-state index contributed by atoms with van der Waals surface area (Å²) in [7, 11) is 0. The minimum absolute atomic E-state index is 0.978. The number of nitrogens with zero attached hydrogens (tertiary/aromatic N) is 1. The fraction of sp³-hybridized carbons (Fsp3) is 0.857. The molecule has 0 spiro atoms. The lowest BCUT2D eigenvalue weighted by Crippen LogP contribution is -2.36. The lowest BCUT2D eigenvalue weighted by atomic mass is 9.92. The third kappa shape index (κ3) is 5.13. The predicted molar refractivity (Wildman–Crippen MR) is 71.8 cm³/mol. The van der Waals surface area contributed by atoms with E-state index in [2.05, 4.69) is 30.6 Å². The highest BCUT2D eigenvalue weighted by Crippen LogP contribution is 2.21. The first-order chi connectivity index (χ1) is 7.76. The summed E-state index contributed by atoms with van der Waals surface area (Å²) in [4.78, 5) is 2.56. The van der Waals surface area contributed by atoms with Crippen molar-refractivity contribution in [1.29, 1.82) is 0 Å². The van der Waals surface area contributed by atoms with Crippen molar-refractivity contribution >= 4 is 0 Å². The van der Waals surface area contributed by atoms with Crippen LogP contribution < -0.4 is 5.32 Å². The monoisotopic (exact) mass is 224 g/mol. The molecule has 0 aliphatic carbocycles. The molecule has 0 atom stereocenters. The number of likely N-dealkylation sites (tertiary alicyclic amines) is 1. The van der Waals surface area contributed by atoms with Gasteiger partial charge in [-0.25, -0.2) is 0 Å². The molecule has 0 bridgehead atoms. The summed E-state index contributed by atoms with van der Waals surface area (Å²) < 4.78 is 0. The van der Waals surface area contributed by atoms with Crippen LogP contribution >= 0.6 is 0 Å². The van der Waals surface area contributed by atoms with Gasteiger partial charge in [0.25, 0.3) is 0 Å². The predicted octanol–water partition coefficient (Wildman–Crippen LogP) is 2.66. The number of piperidine rings is 1. The molecular formula is C14H28N2. The number of hydrogen-bond donors (Lipinski definition) is 1. The zero-order valence-corrected chi connectivity index (χ0v) is 11.1. The van der Waals surface area contributed by atoms with Crippen molar-refractivity contribution in [2.24, 2.45) is 5.92 Å². The Morgan fingerprint density at radius 3 is 2.56 bits per heavy atom. The lowest BCUT2D eigenvalue weighted by molar-refractivity contribution is 0.190. The third-order valence-electron chi connectivity index (χ3n) is 3.48. The van der Waals surface area contributed by atoms with E-state index in [-0.39, 0.29) is 0 Å². The Labute approximate surface area is 101 Å². The van der Waals surface area contributed by atoms with E-state index in [4.69, 9.17) is 0 Å². The van der Waals surface area contributed by atoms with Crippen LogP contribution in [0.15, 0.2) is 12.2 Å². The molecular weight excluding hydrogens is 196 g/mol. The standard InChI is InChI=1S/C14H28N2/c1-4-6-14-7-9-16(10-8-14)12-13(3)11-15-5-2/h14-15H,3-12H2,1-2H3. The van der Waals surface area contributed by atoms with Crippen LogP contribution in [0.25, 0.3) is 0 Å². The molecule has 1 N–H and O–H groups in total. The molecule has 2 heteroatoms.